The van der Waals surface area contributed by atoms with Gasteiger partial charge in [0.05, 0.1) is 31.9 Å². The van der Waals surface area contributed by atoms with Gasteiger partial charge >= 0.3 is 0 Å². The highest BCUT2D eigenvalue weighted by Gasteiger charge is 2.46. The lowest BCUT2D eigenvalue weighted by Crippen LogP contribution is -2.42. The van der Waals surface area contributed by atoms with Gasteiger partial charge in [0.15, 0.2) is 0 Å². The van der Waals surface area contributed by atoms with E-state index >= 15 is 0 Å². The molecule has 2 aliphatic rings. The first kappa shape index (κ1) is 22.3. The molecule has 2 fully saturated rings. The van der Waals surface area contributed by atoms with Crippen molar-refractivity contribution in [3.05, 3.63) is 70.3 Å². The van der Waals surface area contributed by atoms with Crippen molar-refractivity contribution in [2.24, 2.45) is 0 Å². The molecule has 7 nitrogen and oxygen atoms in total. The zero-order valence-electron chi connectivity index (χ0n) is 17.8. The maximum absolute atomic E-state index is 13.1. The number of likely N-dealkylation sites (tertiary alicyclic amines) is 1. The third-order valence-corrected chi connectivity index (χ3v) is 6.10. The van der Waals surface area contributed by atoms with Gasteiger partial charge < -0.3 is 19.5 Å². The topological polar surface area (TPSA) is 79.3 Å². The van der Waals surface area contributed by atoms with Gasteiger partial charge in [0.2, 0.25) is 0 Å². The number of aliphatic hydroxyl groups excluding tert-OH is 1. The van der Waals surface area contributed by atoms with E-state index in [-0.39, 0.29) is 11.3 Å². The van der Waals surface area contributed by atoms with Crippen molar-refractivity contribution in [2.45, 2.75) is 6.04 Å². The summed E-state index contributed by atoms with van der Waals surface area (Å²) < 4.78 is 10.6. The van der Waals surface area contributed by atoms with E-state index in [1.807, 2.05) is 12.1 Å². The van der Waals surface area contributed by atoms with Crippen LogP contribution in [0, 0.1) is 0 Å². The lowest BCUT2D eigenvalue weighted by atomic mass is 9.95. The van der Waals surface area contributed by atoms with Gasteiger partial charge in [0, 0.05) is 36.8 Å². The van der Waals surface area contributed by atoms with Crippen molar-refractivity contribution in [3.8, 4) is 5.75 Å². The van der Waals surface area contributed by atoms with Crippen LogP contribution < -0.4 is 4.74 Å². The molecule has 0 saturated carbocycles. The number of hydrogen-bond donors (Lipinski definition) is 1. The zero-order valence-corrected chi connectivity index (χ0v) is 18.5. The first-order valence-corrected chi connectivity index (χ1v) is 10.9. The third kappa shape index (κ3) is 4.50. The lowest BCUT2D eigenvalue weighted by Gasteiger charge is -2.31. The smallest absolute Gasteiger partial charge is 0.295 e. The van der Waals surface area contributed by atoms with Crippen LogP contribution in [0.4, 0.5) is 0 Å². The summed E-state index contributed by atoms with van der Waals surface area (Å²) in [7, 11) is 1.57. The van der Waals surface area contributed by atoms with E-state index in [1.165, 1.54) is 0 Å². The zero-order chi connectivity index (χ0) is 22.7. The molecule has 1 amide bonds. The minimum atomic E-state index is -0.697. The summed E-state index contributed by atoms with van der Waals surface area (Å²) in [5.74, 6) is -0.860. The van der Waals surface area contributed by atoms with E-state index in [0.717, 1.165) is 18.7 Å². The molecule has 0 radical (unpaired) electrons. The van der Waals surface area contributed by atoms with E-state index < -0.39 is 17.7 Å². The molecule has 1 N–H and O–H groups in total. The molecule has 8 heteroatoms. The lowest BCUT2D eigenvalue weighted by molar-refractivity contribution is -0.140. The van der Waals surface area contributed by atoms with Crippen LogP contribution in [0.5, 0.6) is 5.75 Å². The summed E-state index contributed by atoms with van der Waals surface area (Å²) in [5, 5.41) is 11.6. The molecule has 0 unspecified atom stereocenters. The third-order valence-electron chi connectivity index (χ3n) is 5.85. The van der Waals surface area contributed by atoms with E-state index in [1.54, 1.807) is 48.4 Å². The molecule has 2 saturated heterocycles. The van der Waals surface area contributed by atoms with E-state index in [9.17, 15) is 14.7 Å². The Morgan fingerprint density at radius 2 is 1.72 bits per heavy atom. The number of ether oxygens (including phenoxy) is 2. The van der Waals surface area contributed by atoms with Gasteiger partial charge in [-0.15, -0.1) is 0 Å². The Morgan fingerprint density at radius 3 is 2.34 bits per heavy atom. The molecular weight excluding hydrogens is 432 g/mol. The molecule has 2 aromatic rings. The van der Waals surface area contributed by atoms with Gasteiger partial charge in [0.25, 0.3) is 11.7 Å². The van der Waals surface area contributed by atoms with Crippen LogP contribution in [0.2, 0.25) is 5.02 Å². The second-order valence-electron chi connectivity index (χ2n) is 7.73. The number of ketones is 1. The van der Waals surface area contributed by atoms with Gasteiger partial charge in [-0.2, -0.15) is 0 Å². The second kappa shape index (κ2) is 9.73. The monoisotopic (exact) mass is 456 g/mol. The molecule has 2 heterocycles. The average Bonchev–Trinajstić information content (AvgIpc) is 3.08. The van der Waals surface area contributed by atoms with Crippen LogP contribution in [0.3, 0.4) is 0 Å². The molecule has 0 aliphatic carbocycles. The minimum absolute atomic E-state index is 0.0736. The number of morpholine rings is 1. The SMILES string of the molecule is COc1ccc([C@H]2C(=C(O)c3ccc(Cl)cc3)C(=O)C(=O)N2CCN2CCOCC2)cc1. The molecule has 0 aromatic heterocycles. The highest BCUT2D eigenvalue weighted by Crippen LogP contribution is 2.39. The van der Waals surface area contributed by atoms with Crippen LogP contribution in [-0.4, -0.2) is 73.1 Å². The van der Waals surface area contributed by atoms with Gasteiger partial charge in [-0.1, -0.05) is 23.7 Å². The van der Waals surface area contributed by atoms with Crippen LogP contribution >= 0.6 is 11.6 Å². The number of halogens is 1. The van der Waals surface area contributed by atoms with Crippen molar-refractivity contribution in [1.82, 2.24) is 9.80 Å². The van der Waals surface area contributed by atoms with Crippen LogP contribution in [0.1, 0.15) is 17.2 Å². The van der Waals surface area contributed by atoms with E-state index in [0.29, 0.717) is 42.6 Å². The Balaban J connectivity index is 1.72. The number of benzene rings is 2. The van der Waals surface area contributed by atoms with Crippen LogP contribution in [0.15, 0.2) is 54.1 Å². The second-order valence-corrected chi connectivity index (χ2v) is 8.16. The predicted octanol–water partition coefficient (Wildman–Crippen LogP) is 3.10. The number of nitrogens with zero attached hydrogens (tertiary/aromatic N) is 2. The Kier molecular flexibility index (Phi) is 6.79. The highest BCUT2D eigenvalue weighted by molar-refractivity contribution is 6.46. The Labute approximate surface area is 191 Å². The number of amides is 1. The Morgan fingerprint density at radius 1 is 1.06 bits per heavy atom. The van der Waals surface area contributed by atoms with Gasteiger partial charge in [-0.25, -0.2) is 0 Å². The Hall–Kier alpha value is -2.87. The molecule has 2 aromatic carbocycles. The predicted molar refractivity (Wildman–Crippen MR) is 121 cm³/mol. The van der Waals surface area contributed by atoms with Crippen molar-refractivity contribution in [2.75, 3.05) is 46.5 Å². The van der Waals surface area contributed by atoms with Crippen molar-refractivity contribution in [1.29, 1.82) is 0 Å². The van der Waals surface area contributed by atoms with Crippen molar-refractivity contribution >= 4 is 29.1 Å². The van der Waals surface area contributed by atoms with Crippen LogP contribution in [-0.2, 0) is 14.3 Å². The molecule has 0 spiro atoms. The minimum Gasteiger partial charge on any atom is -0.507 e. The first-order valence-electron chi connectivity index (χ1n) is 10.5. The largest absolute Gasteiger partial charge is 0.507 e. The number of methoxy groups -OCH3 is 1. The van der Waals surface area contributed by atoms with Gasteiger partial charge in [0.1, 0.15) is 11.5 Å². The van der Waals surface area contributed by atoms with E-state index in [4.69, 9.17) is 21.1 Å². The summed E-state index contributed by atoms with van der Waals surface area (Å²) >= 11 is 5.97. The summed E-state index contributed by atoms with van der Waals surface area (Å²) in [6.45, 7) is 3.83. The van der Waals surface area contributed by atoms with E-state index in [2.05, 4.69) is 4.90 Å². The average molecular weight is 457 g/mol. The maximum Gasteiger partial charge on any atom is 0.295 e. The number of carbonyl (C=O) groups excluding carboxylic acids is 2. The fraction of sp³-hybridized carbons (Fsp3) is 0.333. The number of Topliss-reactive ketones (excluding diaryl/α,β-unsaturated/α-hetero) is 1. The molecule has 0 bridgehead atoms. The number of rotatable bonds is 6. The fourth-order valence-corrected chi connectivity index (χ4v) is 4.21. The molecule has 168 valence electrons. The summed E-state index contributed by atoms with van der Waals surface area (Å²) in [6, 6.07) is 13.0. The highest BCUT2D eigenvalue weighted by atomic mass is 35.5. The quantitative estimate of drug-likeness (QED) is 0.409. The molecule has 2 aliphatic heterocycles. The first-order chi connectivity index (χ1) is 15.5. The normalized spacial score (nSPS) is 21.2. The molecule has 32 heavy (non-hydrogen) atoms. The molecular formula is C24H25ClN2O5. The summed E-state index contributed by atoms with van der Waals surface area (Å²) in [6.07, 6.45) is 0. The number of hydrogen-bond acceptors (Lipinski definition) is 6. The fourth-order valence-electron chi connectivity index (χ4n) is 4.08. The van der Waals surface area contributed by atoms with Crippen molar-refractivity contribution in [3.63, 3.8) is 0 Å². The summed E-state index contributed by atoms with van der Waals surface area (Å²) in [5.41, 5.74) is 1.23. The molecule has 1 atom stereocenters. The van der Waals surface area contributed by atoms with Gasteiger partial charge in [-0.05, 0) is 42.0 Å². The standard InChI is InChI=1S/C24H25ClN2O5/c1-31-19-8-4-16(5-9-19)21-20(22(28)17-2-6-18(25)7-3-17)23(29)24(30)27(21)11-10-26-12-14-32-15-13-26/h2-9,21,28H,10-15H2,1H3/t21-/m0/s1. The van der Waals surface area contributed by atoms with Crippen molar-refractivity contribution < 1.29 is 24.2 Å². The van der Waals surface area contributed by atoms with Crippen LogP contribution in [0.25, 0.3) is 5.76 Å². The summed E-state index contributed by atoms with van der Waals surface area (Å²) in [4.78, 5) is 29.8. The Bertz CT molecular complexity index is 1010. The number of carbonyl (C=O) groups is 2. The van der Waals surface area contributed by atoms with Gasteiger partial charge in [-0.3, -0.25) is 14.5 Å². The molecule has 4 rings (SSSR count). The number of aliphatic hydroxyl groups is 1. The maximum atomic E-state index is 13.1.